The van der Waals surface area contributed by atoms with Crippen molar-refractivity contribution < 1.29 is 19.1 Å². The monoisotopic (exact) mass is 272 g/mol. The molecule has 0 rings (SSSR count). The van der Waals surface area contributed by atoms with E-state index in [2.05, 4.69) is 32.4 Å². The predicted octanol–water partition coefficient (Wildman–Crippen LogP) is 3.33. The van der Waals surface area contributed by atoms with Crippen LogP contribution in [-0.4, -0.2) is 25.2 Å². The minimum Gasteiger partial charge on any atom is -0.469 e. The van der Waals surface area contributed by atoms with Crippen LogP contribution in [0.1, 0.15) is 59.8 Å². The van der Waals surface area contributed by atoms with Gasteiger partial charge in [0.25, 0.3) is 0 Å². The van der Waals surface area contributed by atoms with Gasteiger partial charge in [-0.3, -0.25) is 9.59 Å². The molecule has 1 unspecified atom stereocenters. The molecule has 0 N–H and O–H groups in total. The number of esters is 2. The van der Waals surface area contributed by atoms with Crippen LogP contribution in [0.25, 0.3) is 0 Å². The van der Waals surface area contributed by atoms with Crippen LogP contribution in [0.2, 0.25) is 0 Å². The van der Waals surface area contributed by atoms with Crippen LogP contribution in [0.3, 0.4) is 0 Å². The van der Waals surface area contributed by atoms with Gasteiger partial charge in [-0.2, -0.15) is 0 Å². The van der Waals surface area contributed by atoms with Crippen LogP contribution >= 0.6 is 0 Å². The number of hydrogen-bond acceptors (Lipinski definition) is 4. The van der Waals surface area contributed by atoms with Crippen LogP contribution in [0, 0.1) is 11.8 Å². The Labute approximate surface area is 116 Å². The molecule has 0 heterocycles. The standard InChI is InChI=1S/C15H28O4/c1-11(2)10-13(12(3)4)19-15(17)9-7-6-8-14(16)18-5/h11-13H,6-10H2,1-5H3. The molecule has 4 heteroatoms. The maximum atomic E-state index is 11.7. The first-order chi connectivity index (χ1) is 8.86. The summed E-state index contributed by atoms with van der Waals surface area (Å²) in [5.41, 5.74) is 0. The number of rotatable bonds is 9. The maximum absolute atomic E-state index is 11.7. The first-order valence-corrected chi connectivity index (χ1v) is 7.13. The van der Waals surface area contributed by atoms with E-state index < -0.39 is 0 Å². The zero-order chi connectivity index (χ0) is 14.8. The Balaban J connectivity index is 3.90. The normalized spacial score (nSPS) is 12.6. The van der Waals surface area contributed by atoms with Crippen molar-refractivity contribution in [2.45, 2.75) is 65.9 Å². The SMILES string of the molecule is COC(=O)CCCCC(=O)OC(CC(C)C)C(C)C. The van der Waals surface area contributed by atoms with Crippen molar-refractivity contribution in [1.82, 2.24) is 0 Å². The highest BCUT2D eigenvalue weighted by atomic mass is 16.5. The van der Waals surface area contributed by atoms with Gasteiger partial charge in [0, 0.05) is 12.8 Å². The molecule has 0 aromatic rings. The molecule has 0 aromatic carbocycles. The molecule has 0 radical (unpaired) electrons. The molecule has 0 fully saturated rings. The van der Waals surface area contributed by atoms with Gasteiger partial charge in [0.2, 0.25) is 0 Å². The number of hydrogen-bond donors (Lipinski definition) is 0. The molecule has 0 spiro atoms. The van der Waals surface area contributed by atoms with Gasteiger partial charge in [0.15, 0.2) is 0 Å². The summed E-state index contributed by atoms with van der Waals surface area (Å²) in [5.74, 6) is 0.457. The van der Waals surface area contributed by atoms with Crippen LogP contribution in [0.5, 0.6) is 0 Å². The van der Waals surface area contributed by atoms with E-state index in [0.717, 1.165) is 6.42 Å². The van der Waals surface area contributed by atoms with Gasteiger partial charge < -0.3 is 9.47 Å². The average molecular weight is 272 g/mol. The average Bonchev–Trinajstić information content (AvgIpc) is 2.32. The van der Waals surface area contributed by atoms with Crippen molar-refractivity contribution in [1.29, 1.82) is 0 Å². The van der Waals surface area contributed by atoms with Crippen molar-refractivity contribution in [3.8, 4) is 0 Å². The Morgan fingerprint density at radius 1 is 0.947 bits per heavy atom. The second-order valence-electron chi connectivity index (χ2n) is 5.69. The third kappa shape index (κ3) is 9.51. The largest absolute Gasteiger partial charge is 0.469 e. The highest BCUT2D eigenvalue weighted by Crippen LogP contribution is 2.17. The molecule has 1 atom stereocenters. The van der Waals surface area contributed by atoms with Gasteiger partial charge in [-0.1, -0.05) is 27.7 Å². The zero-order valence-corrected chi connectivity index (χ0v) is 12.9. The molecule has 0 saturated carbocycles. The van der Waals surface area contributed by atoms with Gasteiger partial charge in [0.05, 0.1) is 7.11 Å². The number of unbranched alkanes of at least 4 members (excludes halogenated alkanes) is 1. The summed E-state index contributed by atoms with van der Waals surface area (Å²) < 4.78 is 10.0. The maximum Gasteiger partial charge on any atom is 0.306 e. The quantitative estimate of drug-likeness (QED) is 0.477. The highest BCUT2D eigenvalue weighted by Gasteiger charge is 2.19. The molecule has 0 aliphatic rings. The van der Waals surface area contributed by atoms with Crippen molar-refractivity contribution in [2.75, 3.05) is 7.11 Å². The molecule has 19 heavy (non-hydrogen) atoms. The van der Waals surface area contributed by atoms with Crippen molar-refractivity contribution >= 4 is 11.9 Å². The van der Waals surface area contributed by atoms with Crippen molar-refractivity contribution in [2.24, 2.45) is 11.8 Å². The topological polar surface area (TPSA) is 52.6 Å². The lowest BCUT2D eigenvalue weighted by Crippen LogP contribution is -2.25. The van der Waals surface area contributed by atoms with E-state index in [9.17, 15) is 9.59 Å². The fraction of sp³-hybridized carbons (Fsp3) is 0.867. The molecule has 0 amide bonds. The van der Waals surface area contributed by atoms with Crippen LogP contribution in [0.4, 0.5) is 0 Å². The van der Waals surface area contributed by atoms with Gasteiger partial charge in [-0.25, -0.2) is 0 Å². The summed E-state index contributed by atoms with van der Waals surface area (Å²) in [5, 5.41) is 0. The lowest BCUT2D eigenvalue weighted by atomic mass is 9.97. The molecule has 0 aliphatic heterocycles. The summed E-state index contributed by atoms with van der Waals surface area (Å²) in [6.45, 7) is 8.38. The van der Waals surface area contributed by atoms with Crippen LogP contribution < -0.4 is 0 Å². The van der Waals surface area contributed by atoms with Gasteiger partial charge in [-0.05, 0) is 31.1 Å². The van der Waals surface area contributed by atoms with Crippen molar-refractivity contribution in [3.63, 3.8) is 0 Å². The van der Waals surface area contributed by atoms with E-state index in [1.807, 2.05) is 0 Å². The molecular formula is C15H28O4. The van der Waals surface area contributed by atoms with Gasteiger partial charge >= 0.3 is 11.9 Å². The molecule has 112 valence electrons. The van der Waals surface area contributed by atoms with E-state index in [0.29, 0.717) is 37.5 Å². The second kappa shape index (κ2) is 9.82. The Hall–Kier alpha value is -1.06. The minimum atomic E-state index is -0.228. The lowest BCUT2D eigenvalue weighted by molar-refractivity contribution is -0.152. The fourth-order valence-corrected chi connectivity index (χ4v) is 1.79. The Kier molecular flexibility index (Phi) is 9.27. The number of methoxy groups -OCH3 is 1. The molecule has 4 nitrogen and oxygen atoms in total. The summed E-state index contributed by atoms with van der Waals surface area (Å²) >= 11 is 0. The first kappa shape index (κ1) is 17.9. The third-order valence-corrected chi connectivity index (χ3v) is 2.97. The Bertz CT molecular complexity index is 271. The van der Waals surface area contributed by atoms with E-state index in [1.165, 1.54) is 7.11 Å². The lowest BCUT2D eigenvalue weighted by Gasteiger charge is -2.23. The molecule has 0 aromatic heterocycles. The van der Waals surface area contributed by atoms with E-state index >= 15 is 0 Å². The molecule has 0 aliphatic carbocycles. The van der Waals surface area contributed by atoms with Crippen LogP contribution in [-0.2, 0) is 19.1 Å². The minimum absolute atomic E-state index is 0.00638. The second-order valence-corrected chi connectivity index (χ2v) is 5.69. The Morgan fingerprint density at radius 2 is 1.47 bits per heavy atom. The van der Waals surface area contributed by atoms with Gasteiger partial charge in [0.1, 0.15) is 6.10 Å². The van der Waals surface area contributed by atoms with Crippen LogP contribution in [0.15, 0.2) is 0 Å². The summed E-state index contributed by atoms with van der Waals surface area (Å²) in [6.07, 6.45) is 2.96. The fourth-order valence-electron chi connectivity index (χ4n) is 1.79. The van der Waals surface area contributed by atoms with Crippen molar-refractivity contribution in [3.05, 3.63) is 0 Å². The molecular weight excluding hydrogens is 244 g/mol. The summed E-state index contributed by atoms with van der Waals surface area (Å²) in [4.78, 5) is 22.6. The van der Waals surface area contributed by atoms with E-state index in [-0.39, 0.29) is 18.0 Å². The molecule has 0 bridgehead atoms. The van der Waals surface area contributed by atoms with E-state index in [4.69, 9.17) is 4.74 Å². The molecule has 0 saturated heterocycles. The number of carbonyl (C=O) groups is 2. The number of ether oxygens (including phenoxy) is 2. The zero-order valence-electron chi connectivity index (χ0n) is 12.9. The highest BCUT2D eigenvalue weighted by molar-refractivity contribution is 5.70. The summed E-state index contributed by atoms with van der Waals surface area (Å²) in [7, 11) is 1.37. The van der Waals surface area contributed by atoms with E-state index in [1.54, 1.807) is 0 Å². The third-order valence-electron chi connectivity index (χ3n) is 2.97. The van der Waals surface area contributed by atoms with Gasteiger partial charge in [-0.15, -0.1) is 0 Å². The first-order valence-electron chi connectivity index (χ1n) is 7.13. The Morgan fingerprint density at radius 3 is 1.89 bits per heavy atom. The number of carbonyl (C=O) groups excluding carboxylic acids is 2. The smallest absolute Gasteiger partial charge is 0.306 e. The summed E-state index contributed by atoms with van der Waals surface area (Å²) in [6, 6.07) is 0. The predicted molar refractivity (Wildman–Crippen MR) is 74.7 cm³/mol.